The van der Waals surface area contributed by atoms with Gasteiger partial charge in [-0.15, -0.1) is 0 Å². The van der Waals surface area contributed by atoms with Crippen LogP contribution in [0.5, 0.6) is 0 Å². The lowest BCUT2D eigenvalue weighted by molar-refractivity contribution is -0.138. The maximum atomic E-state index is 13.0. The molecule has 0 N–H and O–H groups in total. The third kappa shape index (κ3) is 4.70. The van der Waals surface area contributed by atoms with Crippen molar-refractivity contribution in [2.45, 2.75) is 42.4 Å². The van der Waals surface area contributed by atoms with E-state index in [0.29, 0.717) is 30.8 Å². The third-order valence-electron chi connectivity index (χ3n) is 6.25. The Kier molecular flexibility index (Phi) is 6.43. The van der Waals surface area contributed by atoms with E-state index in [4.69, 9.17) is 0 Å². The first-order valence-electron chi connectivity index (χ1n) is 10.6. The van der Waals surface area contributed by atoms with E-state index in [1.165, 1.54) is 0 Å². The molecule has 2 saturated heterocycles. The van der Waals surface area contributed by atoms with Crippen molar-refractivity contribution in [2.75, 3.05) is 26.2 Å². The molecule has 3 heterocycles. The second-order valence-corrected chi connectivity index (χ2v) is 10.4. The molecule has 160 valence electrons. The van der Waals surface area contributed by atoms with Crippen LogP contribution in [0.2, 0.25) is 0 Å². The first-order valence-corrected chi connectivity index (χ1v) is 12.1. The fourth-order valence-corrected chi connectivity index (χ4v) is 6.21. The third-order valence-corrected chi connectivity index (χ3v) is 8.53. The van der Waals surface area contributed by atoms with Crippen molar-refractivity contribution in [3.63, 3.8) is 0 Å². The highest BCUT2D eigenvalue weighted by Gasteiger charge is 2.35. The highest BCUT2D eigenvalue weighted by Crippen LogP contribution is 2.27. The first-order chi connectivity index (χ1) is 14.5. The molecule has 0 bridgehead atoms. The Morgan fingerprint density at radius 2 is 1.63 bits per heavy atom. The fourth-order valence-electron chi connectivity index (χ4n) is 4.46. The smallest absolute Gasteiger partial charge is 0.225 e. The zero-order valence-electron chi connectivity index (χ0n) is 17.1. The van der Waals surface area contributed by atoms with Gasteiger partial charge in [0.25, 0.3) is 0 Å². The molecule has 0 spiro atoms. The Bertz CT molecular complexity index is 937. The molecule has 4 rings (SSSR count). The van der Waals surface area contributed by atoms with E-state index in [0.717, 1.165) is 38.0 Å². The van der Waals surface area contributed by atoms with E-state index < -0.39 is 15.1 Å². The summed E-state index contributed by atoms with van der Waals surface area (Å²) in [6.45, 7) is 3.66. The summed E-state index contributed by atoms with van der Waals surface area (Å²) in [6.07, 6.45) is 6.20. The van der Waals surface area contributed by atoms with E-state index in [1.54, 1.807) is 36.7 Å². The van der Waals surface area contributed by atoms with Gasteiger partial charge in [-0.2, -0.15) is 10.2 Å². The Labute approximate surface area is 178 Å². The van der Waals surface area contributed by atoms with E-state index in [2.05, 4.69) is 15.1 Å². The minimum atomic E-state index is -3.33. The molecular formula is C22H28N4O3S. The molecule has 8 heteroatoms. The predicted octanol–water partition coefficient (Wildman–Crippen LogP) is 2.15. The molecule has 2 aliphatic heterocycles. The second kappa shape index (κ2) is 9.22. The molecule has 0 atom stereocenters. The van der Waals surface area contributed by atoms with Gasteiger partial charge in [0, 0.05) is 31.7 Å². The minimum absolute atomic E-state index is 0.0408. The number of amides is 1. The maximum absolute atomic E-state index is 13.0. The summed E-state index contributed by atoms with van der Waals surface area (Å²) in [6, 6.07) is 10.6. The van der Waals surface area contributed by atoms with Crippen molar-refractivity contribution in [3.8, 4) is 0 Å². The first kappa shape index (κ1) is 20.9. The van der Waals surface area contributed by atoms with Crippen LogP contribution >= 0.6 is 0 Å². The second-order valence-electron chi connectivity index (χ2n) is 8.18. The van der Waals surface area contributed by atoms with Crippen molar-refractivity contribution in [1.29, 1.82) is 0 Å². The zero-order valence-corrected chi connectivity index (χ0v) is 17.9. The average Bonchev–Trinajstić information content (AvgIpc) is 2.80. The molecule has 30 heavy (non-hydrogen) atoms. The predicted molar refractivity (Wildman–Crippen MR) is 113 cm³/mol. The number of hydrogen-bond acceptors (Lipinski definition) is 6. The lowest BCUT2D eigenvalue weighted by atomic mass is 9.94. The molecule has 2 aliphatic rings. The van der Waals surface area contributed by atoms with Crippen LogP contribution in [0.1, 0.15) is 31.2 Å². The number of carbonyl (C=O) groups excluding carboxylic acids is 1. The number of carbonyl (C=O) groups is 1. The minimum Gasteiger partial charge on any atom is -0.342 e. The van der Waals surface area contributed by atoms with Crippen LogP contribution in [0.15, 0.2) is 53.7 Å². The Hall–Kier alpha value is -2.32. The van der Waals surface area contributed by atoms with Gasteiger partial charge < -0.3 is 4.90 Å². The van der Waals surface area contributed by atoms with Gasteiger partial charge in [-0.25, -0.2) is 8.42 Å². The molecule has 0 unspecified atom stereocenters. The Morgan fingerprint density at radius 1 is 0.933 bits per heavy atom. The van der Waals surface area contributed by atoms with Crippen molar-refractivity contribution in [1.82, 2.24) is 20.0 Å². The number of aromatic nitrogens is 2. The van der Waals surface area contributed by atoms with Crippen LogP contribution in [0.25, 0.3) is 0 Å². The number of rotatable bonds is 5. The average molecular weight is 429 g/mol. The van der Waals surface area contributed by atoms with Gasteiger partial charge >= 0.3 is 0 Å². The van der Waals surface area contributed by atoms with Crippen molar-refractivity contribution < 1.29 is 13.2 Å². The van der Waals surface area contributed by atoms with Gasteiger partial charge in [0.1, 0.15) is 0 Å². The normalized spacial score (nSPS) is 19.7. The molecule has 7 nitrogen and oxygen atoms in total. The van der Waals surface area contributed by atoms with E-state index in [1.807, 2.05) is 17.0 Å². The summed E-state index contributed by atoms with van der Waals surface area (Å²) >= 11 is 0. The van der Waals surface area contributed by atoms with Crippen molar-refractivity contribution in [2.24, 2.45) is 5.92 Å². The summed E-state index contributed by atoms with van der Waals surface area (Å²) < 4.78 is 25.7. The molecule has 0 radical (unpaired) electrons. The summed E-state index contributed by atoms with van der Waals surface area (Å²) in [5.74, 6) is 0.231. The van der Waals surface area contributed by atoms with Crippen LogP contribution in [0, 0.1) is 5.92 Å². The fraction of sp³-hybridized carbons (Fsp3) is 0.500. The molecule has 1 amide bonds. The summed E-state index contributed by atoms with van der Waals surface area (Å²) in [5, 5.41) is 7.32. The highest BCUT2D eigenvalue weighted by molar-refractivity contribution is 7.92. The lowest BCUT2D eigenvalue weighted by Gasteiger charge is -2.37. The molecule has 1 aromatic heterocycles. The Balaban J connectivity index is 1.27. The summed E-state index contributed by atoms with van der Waals surface area (Å²) in [7, 11) is -3.33. The van der Waals surface area contributed by atoms with Crippen LogP contribution < -0.4 is 0 Å². The maximum Gasteiger partial charge on any atom is 0.225 e. The largest absolute Gasteiger partial charge is 0.342 e. The SMILES string of the molecule is O=C(C1CCN(Cc2ccnnc2)CC1)N1CCC(S(=O)(=O)c2ccccc2)CC1. The molecule has 2 fully saturated rings. The summed E-state index contributed by atoms with van der Waals surface area (Å²) in [4.78, 5) is 17.6. The van der Waals surface area contributed by atoms with Gasteiger partial charge in [-0.05, 0) is 62.5 Å². The van der Waals surface area contributed by atoms with Crippen LogP contribution in [0.4, 0.5) is 0 Å². The van der Waals surface area contributed by atoms with Crippen molar-refractivity contribution in [3.05, 3.63) is 54.4 Å². The number of benzene rings is 1. The number of sulfone groups is 1. The molecule has 1 aromatic carbocycles. The topological polar surface area (TPSA) is 83.5 Å². The van der Waals surface area contributed by atoms with Gasteiger partial charge in [0.05, 0.1) is 16.3 Å². The number of piperidine rings is 2. The van der Waals surface area contributed by atoms with Crippen LogP contribution in [0.3, 0.4) is 0 Å². The molecule has 2 aromatic rings. The standard InChI is InChI=1S/C22H28N4O3S/c27-22(19-7-12-25(13-8-19)17-18-6-11-23-24-16-18)26-14-9-21(10-15-26)30(28,29)20-4-2-1-3-5-20/h1-6,11,16,19,21H,7-10,12-15,17H2. The molecule has 0 aliphatic carbocycles. The van der Waals surface area contributed by atoms with Crippen molar-refractivity contribution >= 4 is 15.7 Å². The molecular weight excluding hydrogens is 400 g/mol. The lowest BCUT2D eigenvalue weighted by Crippen LogP contribution is -2.47. The monoisotopic (exact) mass is 428 g/mol. The van der Waals surface area contributed by atoms with E-state index >= 15 is 0 Å². The Morgan fingerprint density at radius 3 is 2.27 bits per heavy atom. The quantitative estimate of drug-likeness (QED) is 0.726. The molecule has 0 saturated carbocycles. The van der Waals surface area contributed by atoms with E-state index in [-0.39, 0.29) is 11.8 Å². The zero-order chi connectivity index (χ0) is 21.0. The van der Waals surface area contributed by atoms with Gasteiger partial charge in [-0.1, -0.05) is 18.2 Å². The number of nitrogens with zero attached hydrogens (tertiary/aromatic N) is 4. The van der Waals surface area contributed by atoms with E-state index in [9.17, 15) is 13.2 Å². The van der Waals surface area contributed by atoms with Gasteiger partial charge in [0.2, 0.25) is 5.91 Å². The summed E-state index contributed by atoms with van der Waals surface area (Å²) in [5.41, 5.74) is 1.14. The van der Waals surface area contributed by atoms with Gasteiger partial charge in [0.15, 0.2) is 9.84 Å². The van der Waals surface area contributed by atoms with Crippen LogP contribution in [-0.4, -0.2) is 65.8 Å². The van der Waals surface area contributed by atoms with Crippen LogP contribution in [-0.2, 0) is 21.2 Å². The highest BCUT2D eigenvalue weighted by atomic mass is 32.2. The van der Waals surface area contributed by atoms with Gasteiger partial charge in [-0.3, -0.25) is 9.69 Å². The number of hydrogen-bond donors (Lipinski definition) is 0. The number of likely N-dealkylation sites (tertiary alicyclic amines) is 2.